The highest BCUT2D eigenvalue weighted by Gasteiger charge is 2.35. The zero-order chi connectivity index (χ0) is 21.7. The Morgan fingerprint density at radius 2 is 2.10 bits per heavy atom. The van der Waals surface area contributed by atoms with Crippen molar-refractivity contribution in [2.45, 2.75) is 32.4 Å². The molecular formula is C22H24ClN3O3S. The third-order valence-corrected chi connectivity index (χ3v) is 6.14. The molecule has 158 valence electrons. The summed E-state index contributed by atoms with van der Waals surface area (Å²) in [7, 11) is 0. The van der Waals surface area contributed by atoms with Gasteiger partial charge in [0, 0.05) is 29.7 Å². The Balaban J connectivity index is 1.80. The highest BCUT2D eigenvalue weighted by molar-refractivity contribution is 8.15. The van der Waals surface area contributed by atoms with E-state index in [0.29, 0.717) is 40.5 Å². The first-order valence-electron chi connectivity index (χ1n) is 9.76. The number of rotatable bonds is 6. The summed E-state index contributed by atoms with van der Waals surface area (Å²) in [5, 5.41) is 3.41. The Morgan fingerprint density at radius 3 is 2.80 bits per heavy atom. The molecule has 30 heavy (non-hydrogen) atoms. The molecule has 0 radical (unpaired) electrons. The van der Waals surface area contributed by atoms with Crippen molar-refractivity contribution in [3.63, 3.8) is 0 Å². The number of anilines is 1. The first-order valence-corrected chi connectivity index (χ1v) is 11.0. The molecule has 0 saturated carbocycles. The van der Waals surface area contributed by atoms with Gasteiger partial charge in [0.05, 0.1) is 12.3 Å². The first kappa shape index (κ1) is 22.2. The second kappa shape index (κ2) is 10.00. The normalized spacial score (nSPS) is 17.9. The van der Waals surface area contributed by atoms with Crippen LogP contribution in [0.2, 0.25) is 5.02 Å². The monoisotopic (exact) mass is 445 g/mol. The van der Waals surface area contributed by atoms with E-state index in [0.717, 1.165) is 5.56 Å². The lowest BCUT2D eigenvalue weighted by atomic mass is 10.2. The lowest BCUT2D eigenvalue weighted by Gasteiger charge is -2.31. The van der Waals surface area contributed by atoms with Gasteiger partial charge in [0.15, 0.2) is 5.17 Å². The third-order valence-electron chi connectivity index (χ3n) is 4.54. The van der Waals surface area contributed by atoms with Crippen molar-refractivity contribution in [2.75, 3.05) is 18.5 Å². The molecule has 2 amide bonds. The van der Waals surface area contributed by atoms with Crippen molar-refractivity contribution < 1.29 is 14.3 Å². The Morgan fingerprint density at radius 1 is 1.30 bits per heavy atom. The molecule has 6 nitrogen and oxygen atoms in total. The van der Waals surface area contributed by atoms with Crippen LogP contribution in [0.25, 0.3) is 0 Å². The molecule has 0 aromatic heterocycles. The number of amidine groups is 1. The number of benzene rings is 2. The fourth-order valence-electron chi connectivity index (χ4n) is 2.97. The van der Waals surface area contributed by atoms with Crippen LogP contribution in [0, 0.1) is 6.92 Å². The Hall–Kier alpha value is -2.51. The minimum Gasteiger partial charge on any atom is -0.494 e. The van der Waals surface area contributed by atoms with Gasteiger partial charge >= 0.3 is 0 Å². The smallest absolute Gasteiger partial charge is 0.238 e. The summed E-state index contributed by atoms with van der Waals surface area (Å²) in [6.07, 6.45) is 0.114. The van der Waals surface area contributed by atoms with E-state index in [9.17, 15) is 9.59 Å². The van der Waals surface area contributed by atoms with Gasteiger partial charge in [0.2, 0.25) is 11.8 Å². The molecule has 0 aliphatic carbocycles. The predicted molar refractivity (Wildman–Crippen MR) is 123 cm³/mol. The Labute approximate surface area is 185 Å². The number of amides is 2. The summed E-state index contributed by atoms with van der Waals surface area (Å²) in [5.41, 5.74) is 2.22. The lowest BCUT2D eigenvalue weighted by molar-refractivity contribution is -0.129. The summed E-state index contributed by atoms with van der Waals surface area (Å²) in [4.78, 5) is 31.7. The maximum absolute atomic E-state index is 12.9. The van der Waals surface area contributed by atoms with Crippen molar-refractivity contribution in [2.24, 2.45) is 4.99 Å². The van der Waals surface area contributed by atoms with Crippen LogP contribution < -0.4 is 10.1 Å². The SMILES string of the molecule is CCOc1cccc(NC(=O)C2CC(=O)N(CC)C(=Nc3ccc(C)c(Cl)c3)S2)c1. The van der Waals surface area contributed by atoms with Gasteiger partial charge < -0.3 is 10.1 Å². The number of carbonyl (C=O) groups is 2. The molecule has 3 rings (SSSR count). The zero-order valence-electron chi connectivity index (χ0n) is 17.1. The molecule has 0 bridgehead atoms. The zero-order valence-corrected chi connectivity index (χ0v) is 18.7. The average Bonchev–Trinajstić information content (AvgIpc) is 2.71. The van der Waals surface area contributed by atoms with Crippen LogP contribution in [-0.4, -0.2) is 40.3 Å². The first-order chi connectivity index (χ1) is 14.4. The topological polar surface area (TPSA) is 71.0 Å². The van der Waals surface area contributed by atoms with Gasteiger partial charge in [0.25, 0.3) is 0 Å². The van der Waals surface area contributed by atoms with Gasteiger partial charge in [-0.3, -0.25) is 14.5 Å². The van der Waals surface area contributed by atoms with Crippen molar-refractivity contribution in [1.29, 1.82) is 0 Å². The number of aliphatic imine (C=N–C) groups is 1. The van der Waals surface area contributed by atoms with Crippen LogP contribution in [0.4, 0.5) is 11.4 Å². The van der Waals surface area contributed by atoms with E-state index in [-0.39, 0.29) is 18.2 Å². The van der Waals surface area contributed by atoms with Gasteiger partial charge in [-0.1, -0.05) is 35.5 Å². The molecule has 1 aliphatic rings. The van der Waals surface area contributed by atoms with Gasteiger partial charge in [-0.05, 0) is 50.6 Å². The van der Waals surface area contributed by atoms with Gasteiger partial charge in [0.1, 0.15) is 11.0 Å². The lowest BCUT2D eigenvalue weighted by Crippen LogP contribution is -2.45. The predicted octanol–water partition coefficient (Wildman–Crippen LogP) is 5.03. The quantitative estimate of drug-likeness (QED) is 0.677. The number of halogens is 1. The number of nitrogens with one attached hydrogen (secondary N) is 1. The van der Waals surface area contributed by atoms with E-state index in [4.69, 9.17) is 16.3 Å². The number of thioether (sulfide) groups is 1. The molecule has 1 saturated heterocycles. The Kier molecular flexibility index (Phi) is 7.39. The maximum atomic E-state index is 12.9. The van der Waals surface area contributed by atoms with Crippen molar-refractivity contribution in [3.05, 3.63) is 53.1 Å². The van der Waals surface area contributed by atoms with E-state index in [1.165, 1.54) is 11.8 Å². The van der Waals surface area contributed by atoms with Crippen molar-refractivity contribution >= 4 is 51.7 Å². The average molecular weight is 446 g/mol. The van der Waals surface area contributed by atoms with E-state index in [1.54, 1.807) is 23.1 Å². The van der Waals surface area contributed by atoms with E-state index in [2.05, 4.69) is 10.3 Å². The highest BCUT2D eigenvalue weighted by atomic mass is 35.5. The fourth-order valence-corrected chi connectivity index (χ4v) is 4.30. The number of aryl methyl sites for hydroxylation is 1. The second-order valence-electron chi connectivity index (χ2n) is 6.73. The largest absolute Gasteiger partial charge is 0.494 e. The van der Waals surface area contributed by atoms with E-state index < -0.39 is 5.25 Å². The molecule has 0 spiro atoms. The number of nitrogens with zero attached hydrogens (tertiary/aromatic N) is 2. The molecule has 1 fully saturated rings. The number of ether oxygens (including phenoxy) is 1. The molecule has 1 N–H and O–H groups in total. The van der Waals surface area contributed by atoms with E-state index in [1.807, 2.05) is 45.0 Å². The number of carbonyl (C=O) groups excluding carboxylic acids is 2. The second-order valence-corrected chi connectivity index (χ2v) is 8.30. The van der Waals surface area contributed by atoms with Crippen LogP contribution in [0.3, 0.4) is 0 Å². The minimum absolute atomic E-state index is 0.114. The fraction of sp³-hybridized carbons (Fsp3) is 0.318. The third kappa shape index (κ3) is 5.34. The maximum Gasteiger partial charge on any atom is 0.238 e. The summed E-state index contributed by atoms with van der Waals surface area (Å²) >= 11 is 7.49. The molecule has 2 aromatic carbocycles. The van der Waals surface area contributed by atoms with Crippen molar-refractivity contribution in [3.8, 4) is 5.75 Å². The summed E-state index contributed by atoms with van der Waals surface area (Å²) < 4.78 is 5.47. The van der Waals surface area contributed by atoms with Gasteiger partial charge in [-0.15, -0.1) is 0 Å². The standard InChI is InChI=1S/C22H24ClN3O3S/c1-4-26-20(27)13-19(21(28)24-15-7-6-8-17(11-15)29-5-2)30-22(26)25-16-10-9-14(3)18(23)12-16/h6-12,19H,4-5,13H2,1-3H3,(H,24,28). The minimum atomic E-state index is -0.573. The van der Waals surface area contributed by atoms with Crippen LogP contribution in [0.15, 0.2) is 47.5 Å². The van der Waals surface area contributed by atoms with Crippen molar-refractivity contribution in [1.82, 2.24) is 4.90 Å². The Bertz CT molecular complexity index is 980. The van der Waals surface area contributed by atoms with Crippen LogP contribution >= 0.6 is 23.4 Å². The number of hydrogen-bond acceptors (Lipinski definition) is 5. The van der Waals surface area contributed by atoms with E-state index >= 15 is 0 Å². The summed E-state index contributed by atoms with van der Waals surface area (Å²) in [6, 6.07) is 12.7. The molecule has 1 heterocycles. The molecule has 8 heteroatoms. The van der Waals surface area contributed by atoms with Gasteiger partial charge in [-0.25, -0.2) is 4.99 Å². The summed E-state index contributed by atoms with van der Waals surface area (Å²) in [6.45, 7) is 6.72. The van der Waals surface area contributed by atoms with Crippen LogP contribution in [0.1, 0.15) is 25.8 Å². The highest BCUT2D eigenvalue weighted by Crippen LogP contribution is 2.31. The van der Waals surface area contributed by atoms with Gasteiger partial charge in [-0.2, -0.15) is 0 Å². The number of hydrogen-bond donors (Lipinski definition) is 1. The molecule has 1 unspecified atom stereocenters. The molecular weight excluding hydrogens is 422 g/mol. The van der Waals surface area contributed by atoms with Crippen LogP contribution in [-0.2, 0) is 9.59 Å². The van der Waals surface area contributed by atoms with Crippen LogP contribution in [0.5, 0.6) is 5.75 Å². The molecule has 2 aromatic rings. The molecule has 1 aliphatic heterocycles. The molecule has 1 atom stereocenters. The summed E-state index contributed by atoms with van der Waals surface area (Å²) in [5.74, 6) is 0.308.